The number of thioether (sulfide) groups is 1. The molecule has 1 aromatic rings. The van der Waals surface area contributed by atoms with Crippen LogP contribution in [0.5, 0.6) is 11.5 Å². The Morgan fingerprint density at radius 3 is 2.64 bits per heavy atom. The molecule has 150 valence electrons. The van der Waals surface area contributed by atoms with Gasteiger partial charge >= 0.3 is 0 Å². The second kappa shape index (κ2) is 9.00. The molecule has 9 heteroatoms. The molecule has 0 radical (unpaired) electrons. The zero-order chi connectivity index (χ0) is 20.3. The van der Waals surface area contributed by atoms with Crippen molar-refractivity contribution < 1.29 is 23.9 Å². The summed E-state index contributed by atoms with van der Waals surface area (Å²) in [6.45, 7) is 3.48. The Bertz CT molecular complexity index is 836. The van der Waals surface area contributed by atoms with Gasteiger partial charge in [0.15, 0.2) is 11.5 Å². The highest BCUT2D eigenvalue weighted by Gasteiger charge is 2.37. The smallest absolute Gasteiger partial charge is 0.294 e. The van der Waals surface area contributed by atoms with Crippen LogP contribution in [0, 0.1) is 0 Å². The van der Waals surface area contributed by atoms with Gasteiger partial charge in [-0.05, 0) is 71.2 Å². The van der Waals surface area contributed by atoms with Crippen LogP contribution in [0.2, 0.25) is 0 Å². The van der Waals surface area contributed by atoms with Crippen LogP contribution in [-0.2, 0) is 9.59 Å². The van der Waals surface area contributed by atoms with Crippen molar-refractivity contribution in [2.24, 2.45) is 0 Å². The Balaban J connectivity index is 1.80. The summed E-state index contributed by atoms with van der Waals surface area (Å²) in [5.41, 5.74) is 0.687. The Morgan fingerprint density at radius 1 is 1.29 bits per heavy atom. The molecule has 1 aromatic carbocycles. The lowest BCUT2D eigenvalue weighted by atomic mass is 10.2. The van der Waals surface area contributed by atoms with Gasteiger partial charge < -0.3 is 14.4 Å². The molecule has 0 saturated carbocycles. The van der Waals surface area contributed by atoms with Crippen LogP contribution in [0.1, 0.15) is 25.3 Å². The van der Waals surface area contributed by atoms with Crippen molar-refractivity contribution in [1.29, 1.82) is 0 Å². The number of rotatable bonds is 6. The van der Waals surface area contributed by atoms with Crippen molar-refractivity contribution in [3.63, 3.8) is 0 Å². The molecule has 2 aliphatic rings. The van der Waals surface area contributed by atoms with Crippen LogP contribution in [0.25, 0.3) is 6.08 Å². The van der Waals surface area contributed by atoms with E-state index in [1.165, 1.54) is 0 Å². The van der Waals surface area contributed by atoms with Crippen molar-refractivity contribution in [3.05, 3.63) is 27.1 Å². The van der Waals surface area contributed by atoms with Crippen molar-refractivity contribution in [3.8, 4) is 11.5 Å². The molecule has 7 nitrogen and oxygen atoms in total. The molecule has 0 bridgehead atoms. The van der Waals surface area contributed by atoms with Gasteiger partial charge in [0.2, 0.25) is 5.91 Å². The summed E-state index contributed by atoms with van der Waals surface area (Å²) in [5.74, 6) is 0.455. The number of nitrogens with zero attached hydrogens (tertiary/aromatic N) is 2. The molecule has 0 atom stereocenters. The maximum atomic E-state index is 12.7. The van der Waals surface area contributed by atoms with Crippen LogP contribution in [0.15, 0.2) is 21.5 Å². The van der Waals surface area contributed by atoms with Gasteiger partial charge in [-0.2, -0.15) is 0 Å². The van der Waals surface area contributed by atoms with E-state index < -0.39 is 11.1 Å². The molecule has 0 aliphatic carbocycles. The van der Waals surface area contributed by atoms with E-state index >= 15 is 0 Å². The first-order valence-corrected chi connectivity index (χ1v) is 10.6. The third-order valence-electron chi connectivity index (χ3n) is 4.46. The molecule has 2 saturated heterocycles. The van der Waals surface area contributed by atoms with Crippen LogP contribution in [0.3, 0.4) is 0 Å². The fourth-order valence-corrected chi connectivity index (χ4v) is 4.58. The standard InChI is InChI=1S/C19H21BrN2O5S/c1-3-27-14-9-12(8-13(20)17(14)26-2)10-15-18(24)22(19(25)28-15)11-16(23)21-6-4-5-7-21/h8-10H,3-7,11H2,1-2H3/b15-10-. The van der Waals surface area contributed by atoms with Gasteiger partial charge in [0.05, 0.1) is 23.1 Å². The zero-order valence-corrected chi connectivity index (χ0v) is 18.1. The minimum Gasteiger partial charge on any atom is -0.492 e. The highest BCUT2D eigenvalue weighted by Crippen LogP contribution is 2.39. The largest absolute Gasteiger partial charge is 0.492 e. The number of benzene rings is 1. The number of hydrogen-bond donors (Lipinski definition) is 0. The summed E-state index contributed by atoms with van der Waals surface area (Å²) in [6, 6.07) is 3.53. The Morgan fingerprint density at radius 2 is 2.00 bits per heavy atom. The number of carbonyl (C=O) groups is 3. The topological polar surface area (TPSA) is 76.2 Å². The van der Waals surface area contributed by atoms with Gasteiger partial charge in [-0.15, -0.1) is 0 Å². The third kappa shape index (κ3) is 4.35. The highest BCUT2D eigenvalue weighted by molar-refractivity contribution is 9.10. The predicted octanol–water partition coefficient (Wildman–Crippen LogP) is 3.52. The average Bonchev–Trinajstić information content (AvgIpc) is 3.27. The number of ether oxygens (including phenoxy) is 2. The molecule has 0 unspecified atom stereocenters. The Hall–Kier alpha value is -2.00. The lowest BCUT2D eigenvalue weighted by Gasteiger charge is -2.18. The Labute approximate surface area is 176 Å². The number of hydrogen-bond acceptors (Lipinski definition) is 6. The number of likely N-dealkylation sites (tertiary alicyclic amines) is 1. The van der Waals surface area contributed by atoms with E-state index in [0.29, 0.717) is 41.2 Å². The summed E-state index contributed by atoms with van der Waals surface area (Å²) in [6.07, 6.45) is 3.54. The Kier molecular flexibility index (Phi) is 6.66. The minimum absolute atomic E-state index is 0.188. The number of amides is 3. The molecule has 0 spiro atoms. The van der Waals surface area contributed by atoms with Crippen molar-refractivity contribution in [1.82, 2.24) is 9.80 Å². The fraction of sp³-hybridized carbons (Fsp3) is 0.421. The first kappa shape index (κ1) is 20.7. The quantitative estimate of drug-likeness (QED) is 0.594. The maximum Gasteiger partial charge on any atom is 0.294 e. The molecule has 28 heavy (non-hydrogen) atoms. The van der Waals surface area contributed by atoms with Gasteiger partial charge in [-0.1, -0.05) is 0 Å². The number of carbonyl (C=O) groups excluding carboxylic acids is 3. The normalized spacial score (nSPS) is 18.3. The molecule has 2 fully saturated rings. The number of methoxy groups -OCH3 is 1. The SMILES string of the molecule is CCOc1cc(/C=C2\SC(=O)N(CC(=O)N3CCCC3)C2=O)cc(Br)c1OC. The molecule has 0 N–H and O–H groups in total. The molecular weight excluding hydrogens is 448 g/mol. The van der Waals surface area contributed by atoms with Gasteiger partial charge in [0, 0.05) is 13.1 Å². The number of imide groups is 1. The molecule has 3 amide bonds. The third-order valence-corrected chi connectivity index (χ3v) is 5.96. The lowest BCUT2D eigenvalue weighted by Crippen LogP contribution is -2.40. The van der Waals surface area contributed by atoms with E-state index in [0.717, 1.165) is 29.5 Å². The monoisotopic (exact) mass is 468 g/mol. The molecule has 2 heterocycles. The van der Waals surface area contributed by atoms with Crippen LogP contribution in [0.4, 0.5) is 4.79 Å². The lowest BCUT2D eigenvalue weighted by molar-refractivity contribution is -0.135. The summed E-state index contributed by atoms with van der Waals surface area (Å²) in [5, 5.41) is -0.429. The second-order valence-electron chi connectivity index (χ2n) is 6.32. The molecule has 2 aliphatic heterocycles. The van der Waals surface area contributed by atoms with E-state index in [2.05, 4.69) is 15.9 Å². The second-order valence-corrected chi connectivity index (χ2v) is 8.17. The van der Waals surface area contributed by atoms with E-state index in [-0.39, 0.29) is 17.4 Å². The average molecular weight is 469 g/mol. The van der Waals surface area contributed by atoms with Gasteiger partial charge in [-0.3, -0.25) is 19.3 Å². The summed E-state index contributed by atoms with van der Waals surface area (Å²) >= 11 is 4.27. The van der Waals surface area contributed by atoms with E-state index in [1.807, 2.05) is 6.92 Å². The van der Waals surface area contributed by atoms with Crippen LogP contribution >= 0.6 is 27.7 Å². The predicted molar refractivity (Wildman–Crippen MR) is 110 cm³/mol. The van der Waals surface area contributed by atoms with E-state index in [1.54, 1.807) is 30.2 Å². The summed E-state index contributed by atoms with van der Waals surface area (Å²) in [7, 11) is 1.55. The van der Waals surface area contributed by atoms with Gasteiger partial charge in [-0.25, -0.2) is 0 Å². The molecular formula is C19H21BrN2O5S. The van der Waals surface area contributed by atoms with Crippen LogP contribution in [-0.4, -0.2) is 60.2 Å². The van der Waals surface area contributed by atoms with Crippen molar-refractivity contribution in [2.45, 2.75) is 19.8 Å². The molecule has 0 aromatic heterocycles. The molecule has 3 rings (SSSR count). The van der Waals surface area contributed by atoms with Gasteiger partial charge in [0.25, 0.3) is 11.1 Å². The zero-order valence-electron chi connectivity index (χ0n) is 15.7. The van der Waals surface area contributed by atoms with Crippen LogP contribution < -0.4 is 9.47 Å². The van der Waals surface area contributed by atoms with Gasteiger partial charge in [0.1, 0.15) is 6.54 Å². The number of halogens is 1. The minimum atomic E-state index is -0.451. The van der Waals surface area contributed by atoms with E-state index in [4.69, 9.17) is 9.47 Å². The van der Waals surface area contributed by atoms with Crippen molar-refractivity contribution in [2.75, 3.05) is 33.4 Å². The summed E-state index contributed by atoms with van der Waals surface area (Å²) in [4.78, 5) is 40.2. The van der Waals surface area contributed by atoms with Crippen molar-refractivity contribution >= 4 is 50.8 Å². The van der Waals surface area contributed by atoms with E-state index in [9.17, 15) is 14.4 Å². The fourth-order valence-electron chi connectivity index (χ4n) is 3.12. The highest BCUT2D eigenvalue weighted by atomic mass is 79.9. The maximum absolute atomic E-state index is 12.7. The first-order valence-electron chi connectivity index (χ1n) is 8.98. The first-order chi connectivity index (χ1) is 13.4. The summed E-state index contributed by atoms with van der Waals surface area (Å²) < 4.78 is 11.6.